The molecule has 1 aromatic heterocycles. The molecular weight excluding hydrogens is 394 g/mol. The molecule has 0 N–H and O–H groups in total. The van der Waals surface area contributed by atoms with Gasteiger partial charge in [-0.25, -0.2) is 0 Å². The minimum Gasteiger partial charge on any atom is -0.316 e. The molecule has 0 unspecified atom stereocenters. The molecule has 0 aliphatic rings. The van der Waals surface area contributed by atoms with Gasteiger partial charge in [0.15, 0.2) is 4.80 Å². The lowest BCUT2D eigenvalue weighted by atomic mass is 10.2. The number of carbonyl (C=O) groups is 1. The molecule has 0 spiro atoms. The van der Waals surface area contributed by atoms with Gasteiger partial charge in [0, 0.05) is 30.5 Å². The molecule has 3 aromatic rings. The first-order valence-corrected chi connectivity index (χ1v) is 10.8. The molecule has 3 rings (SSSR count). The van der Waals surface area contributed by atoms with Gasteiger partial charge in [-0.15, -0.1) is 0 Å². The molecule has 0 bridgehead atoms. The standard InChI is InChI=1S/C20H19N3O3S2/c1-14-3-9-17-18(13-14)28-20(22(17)11-12-27-2)21-19(24)10-6-15-4-7-16(8-5-15)23(25)26/h3-10,13H,11-12H2,1-2H3/b10-6+,21-20?. The Morgan fingerprint density at radius 1 is 1.29 bits per heavy atom. The Morgan fingerprint density at radius 3 is 2.71 bits per heavy atom. The van der Waals surface area contributed by atoms with Crippen LogP contribution in [0, 0.1) is 17.0 Å². The van der Waals surface area contributed by atoms with Crippen LogP contribution in [0.15, 0.2) is 53.5 Å². The molecule has 0 atom stereocenters. The summed E-state index contributed by atoms with van der Waals surface area (Å²) in [6.45, 7) is 2.82. The van der Waals surface area contributed by atoms with Crippen molar-refractivity contribution in [2.45, 2.75) is 13.5 Å². The number of nitro groups is 1. The van der Waals surface area contributed by atoms with Crippen molar-refractivity contribution in [3.05, 3.63) is 74.6 Å². The van der Waals surface area contributed by atoms with Crippen molar-refractivity contribution >= 4 is 51.0 Å². The maximum absolute atomic E-state index is 12.4. The lowest BCUT2D eigenvalue weighted by Gasteiger charge is -2.03. The van der Waals surface area contributed by atoms with E-state index in [0.717, 1.165) is 22.5 Å². The van der Waals surface area contributed by atoms with Crippen LogP contribution < -0.4 is 4.80 Å². The second-order valence-corrected chi connectivity index (χ2v) is 8.13. The lowest BCUT2D eigenvalue weighted by molar-refractivity contribution is -0.384. The largest absolute Gasteiger partial charge is 0.316 e. The first-order valence-electron chi connectivity index (χ1n) is 8.58. The summed E-state index contributed by atoms with van der Waals surface area (Å²) < 4.78 is 3.18. The second kappa shape index (κ2) is 8.99. The highest BCUT2D eigenvalue weighted by atomic mass is 32.2. The van der Waals surface area contributed by atoms with E-state index >= 15 is 0 Å². The van der Waals surface area contributed by atoms with E-state index in [9.17, 15) is 14.9 Å². The van der Waals surface area contributed by atoms with Crippen LogP contribution in [0.2, 0.25) is 0 Å². The number of non-ortho nitro benzene ring substituents is 1. The molecule has 6 nitrogen and oxygen atoms in total. The lowest BCUT2D eigenvalue weighted by Crippen LogP contribution is -2.17. The van der Waals surface area contributed by atoms with Crippen molar-refractivity contribution in [3.63, 3.8) is 0 Å². The Hall–Kier alpha value is -2.71. The fourth-order valence-corrected chi connectivity index (χ4v) is 4.20. The van der Waals surface area contributed by atoms with Crippen LogP contribution in [0.4, 0.5) is 5.69 Å². The average Bonchev–Trinajstić information content (AvgIpc) is 3.00. The van der Waals surface area contributed by atoms with Gasteiger partial charge in [0.05, 0.1) is 15.1 Å². The van der Waals surface area contributed by atoms with Crippen LogP contribution in [-0.2, 0) is 11.3 Å². The third-order valence-corrected chi connectivity index (χ3v) is 5.72. The summed E-state index contributed by atoms with van der Waals surface area (Å²) in [5.41, 5.74) is 2.97. The Kier molecular flexibility index (Phi) is 6.43. The molecule has 1 heterocycles. The summed E-state index contributed by atoms with van der Waals surface area (Å²) in [7, 11) is 0. The van der Waals surface area contributed by atoms with Crippen molar-refractivity contribution in [1.82, 2.24) is 4.57 Å². The average molecular weight is 414 g/mol. The fourth-order valence-electron chi connectivity index (χ4n) is 2.67. The van der Waals surface area contributed by atoms with Gasteiger partial charge in [0.2, 0.25) is 0 Å². The van der Waals surface area contributed by atoms with Gasteiger partial charge in [-0.05, 0) is 54.6 Å². The molecule has 0 aliphatic heterocycles. The molecule has 1 amide bonds. The van der Waals surface area contributed by atoms with Gasteiger partial charge in [0.1, 0.15) is 0 Å². The molecule has 2 aromatic carbocycles. The van der Waals surface area contributed by atoms with Crippen LogP contribution in [0.1, 0.15) is 11.1 Å². The van der Waals surface area contributed by atoms with Gasteiger partial charge < -0.3 is 4.57 Å². The van der Waals surface area contributed by atoms with E-state index in [4.69, 9.17) is 0 Å². The number of benzene rings is 2. The summed E-state index contributed by atoms with van der Waals surface area (Å²) in [5.74, 6) is 0.569. The molecule has 144 valence electrons. The molecule has 0 saturated heterocycles. The second-order valence-electron chi connectivity index (χ2n) is 6.13. The van der Waals surface area contributed by atoms with E-state index in [0.29, 0.717) is 10.4 Å². The monoisotopic (exact) mass is 413 g/mol. The van der Waals surface area contributed by atoms with Crippen LogP contribution in [0.3, 0.4) is 0 Å². The Labute approximate surface area is 170 Å². The first-order chi connectivity index (χ1) is 13.5. The van der Waals surface area contributed by atoms with E-state index in [1.54, 1.807) is 30.0 Å². The van der Waals surface area contributed by atoms with Crippen molar-refractivity contribution in [2.24, 2.45) is 4.99 Å². The zero-order chi connectivity index (χ0) is 20.1. The maximum Gasteiger partial charge on any atom is 0.272 e. The van der Waals surface area contributed by atoms with Gasteiger partial charge in [-0.3, -0.25) is 14.9 Å². The molecular formula is C20H19N3O3S2. The van der Waals surface area contributed by atoms with Gasteiger partial charge >= 0.3 is 0 Å². The zero-order valence-corrected chi connectivity index (χ0v) is 17.1. The number of hydrogen-bond acceptors (Lipinski definition) is 5. The Bertz CT molecular complexity index is 1110. The smallest absolute Gasteiger partial charge is 0.272 e. The zero-order valence-electron chi connectivity index (χ0n) is 15.5. The van der Waals surface area contributed by atoms with Crippen LogP contribution in [0.25, 0.3) is 16.3 Å². The number of fused-ring (bicyclic) bond motifs is 1. The first kappa shape index (κ1) is 20.0. The highest BCUT2D eigenvalue weighted by Crippen LogP contribution is 2.19. The van der Waals surface area contributed by atoms with E-state index in [-0.39, 0.29) is 11.6 Å². The minimum atomic E-state index is -0.454. The van der Waals surface area contributed by atoms with Gasteiger partial charge in [0.25, 0.3) is 11.6 Å². The number of carbonyl (C=O) groups excluding carboxylic acids is 1. The van der Waals surface area contributed by atoms with E-state index < -0.39 is 4.92 Å². The molecule has 0 fully saturated rings. The van der Waals surface area contributed by atoms with Crippen LogP contribution >= 0.6 is 23.1 Å². The topological polar surface area (TPSA) is 77.5 Å². The van der Waals surface area contributed by atoms with Crippen molar-refractivity contribution in [2.75, 3.05) is 12.0 Å². The number of nitrogens with zero attached hydrogens (tertiary/aromatic N) is 3. The quantitative estimate of drug-likeness (QED) is 0.340. The van der Waals surface area contributed by atoms with Crippen molar-refractivity contribution < 1.29 is 9.72 Å². The number of hydrogen-bond donors (Lipinski definition) is 0. The number of amides is 1. The summed E-state index contributed by atoms with van der Waals surface area (Å²) in [6.07, 6.45) is 5.04. The highest BCUT2D eigenvalue weighted by molar-refractivity contribution is 7.98. The maximum atomic E-state index is 12.4. The van der Waals surface area contributed by atoms with Crippen molar-refractivity contribution in [3.8, 4) is 0 Å². The summed E-state index contributed by atoms with van der Waals surface area (Å²) in [5, 5.41) is 10.7. The SMILES string of the molecule is CSCCn1c(=NC(=O)/C=C/c2ccc([N+](=O)[O-])cc2)sc2cc(C)ccc21. The fraction of sp³-hybridized carbons (Fsp3) is 0.200. The number of thiazole rings is 1. The van der Waals surface area contributed by atoms with Gasteiger partial charge in [-0.2, -0.15) is 16.8 Å². The molecule has 0 radical (unpaired) electrons. The highest BCUT2D eigenvalue weighted by Gasteiger charge is 2.07. The van der Waals surface area contributed by atoms with Crippen LogP contribution in [0.5, 0.6) is 0 Å². The number of nitro benzene ring substituents is 1. The summed E-state index contributed by atoms with van der Waals surface area (Å²) >= 11 is 3.25. The number of rotatable bonds is 6. The number of aryl methyl sites for hydroxylation is 2. The van der Waals surface area contributed by atoms with E-state index in [2.05, 4.69) is 27.8 Å². The molecule has 8 heteroatoms. The van der Waals surface area contributed by atoms with Gasteiger partial charge in [-0.1, -0.05) is 17.4 Å². The molecule has 28 heavy (non-hydrogen) atoms. The molecule has 0 saturated carbocycles. The predicted molar refractivity (Wildman–Crippen MR) is 116 cm³/mol. The minimum absolute atomic E-state index is 0.0172. The normalized spacial score (nSPS) is 12.1. The van der Waals surface area contributed by atoms with E-state index in [1.807, 2.05) is 13.2 Å². The number of thioether (sulfide) groups is 1. The van der Waals surface area contributed by atoms with E-state index in [1.165, 1.54) is 35.1 Å². The Balaban J connectivity index is 1.89. The summed E-state index contributed by atoms with van der Waals surface area (Å²) in [4.78, 5) is 27.6. The summed E-state index contributed by atoms with van der Waals surface area (Å²) in [6, 6.07) is 12.2. The third kappa shape index (κ3) is 4.76. The number of aromatic nitrogens is 1. The van der Waals surface area contributed by atoms with Crippen LogP contribution in [-0.4, -0.2) is 27.4 Å². The van der Waals surface area contributed by atoms with Crippen molar-refractivity contribution in [1.29, 1.82) is 0 Å². The Morgan fingerprint density at radius 2 is 2.04 bits per heavy atom. The molecule has 0 aliphatic carbocycles. The third-order valence-electron chi connectivity index (χ3n) is 4.09. The predicted octanol–water partition coefficient (Wildman–Crippen LogP) is 4.42.